The van der Waals surface area contributed by atoms with Gasteiger partial charge in [-0.15, -0.1) is 0 Å². The van der Waals surface area contributed by atoms with E-state index in [4.69, 9.17) is 0 Å². The maximum atomic E-state index is 4.63. The molecule has 0 N–H and O–H groups in total. The van der Waals surface area contributed by atoms with Crippen LogP contribution in [-0.2, 0) is 6.42 Å². The molecule has 2 aliphatic heterocycles. The molecule has 1 aromatic heterocycles. The lowest BCUT2D eigenvalue weighted by Crippen LogP contribution is -2.24. The number of nitrogens with zero attached hydrogens (tertiary/aromatic N) is 2. The molecule has 1 fully saturated rings. The first-order valence-corrected chi connectivity index (χ1v) is 7.86. The summed E-state index contributed by atoms with van der Waals surface area (Å²) in [5, 5.41) is 1.28. The zero-order valence-electron chi connectivity index (χ0n) is 9.79. The third kappa shape index (κ3) is 1.48. The van der Waals surface area contributed by atoms with Crippen molar-refractivity contribution in [1.82, 2.24) is 4.98 Å². The highest BCUT2D eigenvalue weighted by molar-refractivity contribution is 9.11. The number of benzene rings is 1. The Morgan fingerprint density at radius 2 is 2.17 bits per heavy atom. The van der Waals surface area contributed by atoms with Crippen molar-refractivity contribution in [2.45, 2.75) is 25.3 Å². The third-order valence-electron chi connectivity index (χ3n) is 4.06. The van der Waals surface area contributed by atoms with Crippen molar-refractivity contribution in [1.29, 1.82) is 0 Å². The minimum Gasteiger partial charge on any atom is -0.367 e. The Labute approximate surface area is 123 Å². The second-order valence-electron chi connectivity index (χ2n) is 5.11. The van der Waals surface area contributed by atoms with E-state index in [0.717, 1.165) is 14.5 Å². The molecule has 0 saturated carbocycles. The molecular formula is C14H12Br2N2. The summed E-state index contributed by atoms with van der Waals surface area (Å²) in [7, 11) is 0. The average molecular weight is 368 g/mol. The van der Waals surface area contributed by atoms with Gasteiger partial charge in [-0.1, -0.05) is 15.9 Å². The van der Waals surface area contributed by atoms with Crippen LogP contribution >= 0.6 is 31.9 Å². The van der Waals surface area contributed by atoms with Crippen molar-refractivity contribution >= 4 is 48.5 Å². The van der Waals surface area contributed by atoms with Gasteiger partial charge < -0.3 is 4.90 Å². The number of hydrogen-bond acceptors (Lipinski definition) is 2. The van der Waals surface area contributed by atoms with E-state index >= 15 is 0 Å². The minimum atomic E-state index is 0.713. The molecule has 18 heavy (non-hydrogen) atoms. The van der Waals surface area contributed by atoms with Crippen molar-refractivity contribution in [2.75, 3.05) is 11.4 Å². The smallest absolute Gasteiger partial charge is 0.0865 e. The third-order valence-corrected chi connectivity index (χ3v) is 5.12. The van der Waals surface area contributed by atoms with Crippen molar-refractivity contribution in [2.24, 2.45) is 0 Å². The summed E-state index contributed by atoms with van der Waals surface area (Å²) in [6.07, 6.45) is 5.88. The summed E-state index contributed by atoms with van der Waals surface area (Å²) in [6.45, 7) is 1.20. The molecule has 0 amide bonds. The van der Waals surface area contributed by atoms with Crippen molar-refractivity contribution in [3.8, 4) is 0 Å². The molecule has 2 aromatic rings. The molecule has 0 bridgehead atoms. The van der Waals surface area contributed by atoms with Crippen LogP contribution in [0.15, 0.2) is 27.3 Å². The fourth-order valence-corrected chi connectivity index (χ4v) is 4.67. The van der Waals surface area contributed by atoms with Gasteiger partial charge >= 0.3 is 0 Å². The summed E-state index contributed by atoms with van der Waals surface area (Å²) in [5.41, 5.74) is 3.91. The molecule has 1 atom stereocenters. The summed E-state index contributed by atoms with van der Waals surface area (Å²) in [4.78, 5) is 7.21. The van der Waals surface area contributed by atoms with Gasteiger partial charge in [0.1, 0.15) is 0 Å². The molecule has 1 saturated heterocycles. The molecule has 2 aliphatic rings. The molecule has 0 aliphatic carbocycles. The Bertz CT molecular complexity index is 654. The zero-order valence-corrected chi connectivity index (χ0v) is 13.0. The van der Waals surface area contributed by atoms with E-state index in [0.29, 0.717) is 6.04 Å². The molecule has 92 valence electrons. The summed E-state index contributed by atoms with van der Waals surface area (Å²) >= 11 is 7.21. The first kappa shape index (κ1) is 11.2. The lowest BCUT2D eigenvalue weighted by molar-refractivity contribution is 0.703. The van der Waals surface area contributed by atoms with Gasteiger partial charge in [-0.2, -0.15) is 0 Å². The van der Waals surface area contributed by atoms with Gasteiger partial charge in [0.2, 0.25) is 0 Å². The number of hydrogen-bond donors (Lipinski definition) is 0. The molecule has 1 aromatic carbocycles. The van der Waals surface area contributed by atoms with Crippen LogP contribution in [0.25, 0.3) is 10.9 Å². The zero-order chi connectivity index (χ0) is 12.3. The molecule has 0 spiro atoms. The maximum Gasteiger partial charge on any atom is 0.0865 e. The van der Waals surface area contributed by atoms with Crippen molar-refractivity contribution < 1.29 is 0 Å². The van der Waals surface area contributed by atoms with Crippen LogP contribution in [0.4, 0.5) is 5.69 Å². The summed E-state index contributed by atoms with van der Waals surface area (Å²) < 4.78 is 2.18. The monoisotopic (exact) mass is 366 g/mol. The minimum absolute atomic E-state index is 0.713. The van der Waals surface area contributed by atoms with Crippen LogP contribution < -0.4 is 4.90 Å². The lowest BCUT2D eigenvalue weighted by atomic mass is 10.1. The Morgan fingerprint density at radius 3 is 3.06 bits per heavy atom. The molecule has 3 heterocycles. The summed E-state index contributed by atoms with van der Waals surface area (Å²) in [6, 6.07) is 4.98. The Balaban J connectivity index is 2.06. The quantitative estimate of drug-likeness (QED) is 0.690. The van der Waals surface area contributed by atoms with E-state index in [2.05, 4.69) is 60.1 Å². The Hall–Kier alpha value is -0.610. The lowest BCUT2D eigenvalue weighted by Gasteiger charge is -2.20. The number of fused-ring (bicyclic) bond motifs is 5. The van der Waals surface area contributed by atoms with Gasteiger partial charge in [0.25, 0.3) is 0 Å². The number of anilines is 1. The fourth-order valence-electron chi connectivity index (χ4n) is 3.34. The number of aromatic nitrogens is 1. The van der Waals surface area contributed by atoms with Crippen molar-refractivity contribution in [3.05, 3.63) is 32.8 Å². The average Bonchev–Trinajstić information content (AvgIpc) is 2.87. The second-order valence-corrected chi connectivity index (χ2v) is 6.88. The van der Waals surface area contributed by atoms with E-state index in [-0.39, 0.29) is 0 Å². The van der Waals surface area contributed by atoms with Gasteiger partial charge in [-0.3, -0.25) is 4.98 Å². The van der Waals surface area contributed by atoms with E-state index in [1.807, 2.05) is 0 Å². The van der Waals surface area contributed by atoms with E-state index in [1.54, 1.807) is 0 Å². The van der Waals surface area contributed by atoms with Gasteiger partial charge in [0, 0.05) is 33.1 Å². The van der Waals surface area contributed by atoms with Crippen LogP contribution in [0.3, 0.4) is 0 Å². The van der Waals surface area contributed by atoms with Gasteiger partial charge in [-0.05, 0) is 52.9 Å². The number of pyridine rings is 1. The van der Waals surface area contributed by atoms with Crippen molar-refractivity contribution in [3.63, 3.8) is 0 Å². The predicted molar refractivity (Wildman–Crippen MR) is 81.2 cm³/mol. The van der Waals surface area contributed by atoms with E-state index < -0.39 is 0 Å². The molecule has 4 heteroatoms. The number of rotatable bonds is 0. The highest BCUT2D eigenvalue weighted by Crippen LogP contribution is 2.43. The molecule has 1 unspecified atom stereocenters. The molecule has 4 rings (SSSR count). The van der Waals surface area contributed by atoms with E-state index in [1.165, 1.54) is 42.4 Å². The number of halogens is 2. The second kappa shape index (κ2) is 3.94. The standard InChI is InChI=1S/C14H12Br2N2/c15-9-5-11-13(12(16)6-9)17-7-8-4-10-2-1-3-18(10)14(8)11/h5-7,10H,1-4H2. The normalized spacial score (nSPS) is 21.4. The first-order chi connectivity index (χ1) is 8.74. The first-order valence-electron chi connectivity index (χ1n) is 6.27. The highest BCUT2D eigenvalue weighted by Gasteiger charge is 2.34. The molecular weight excluding hydrogens is 356 g/mol. The van der Waals surface area contributed by atoms with Crippen LogP contribution in [0.1, 0.15) is 18.4 Å². The SMILES string of the molecule is Brc1cc(Br)c2ncc3c(c2c1)N1CCCC1C3. The predicted octanol–water partition coefficient (Wildman–Crippen LogP) is 4.28. The largest absolute Gasteiger partial charge is 0.367 e. The van der Waals surface area contributed by atoms with E-state index in [9.17, 15) is 0 Å². The Morgan fingerprint density at radius 1 is 1.28 bits per heavy atom. The topological polar surface area (TPSA) is 16.1 Å². The maximum absolute atomic E-state index is 4.63. The highest BCUT2D eigenvalue weighted by atomic mass is 79.9. The van der Waals surface area contributed by atoms with Gasteiger partial charge in [0.15, 0.2) is 0 Å². The van der Waals surface area contributed by atoms with Crippen LogP contribution in [-0.4, -0.2) is 17.6 Å². The van der Waals surface area contributed by atoms with Gasteiger partial charge in [-0.25, -0.2) is 0 Å². The summed E-state index contributed by atoms with van der Waals surface area (Å²) in [5.74, 6) is 0. The fraction of sp³-hybridized carbons (Fsp3) is 0.357. The van der Waals surface area contributed by atoms with Crippen LogP contribution in [0.2, 0.25) is 0 Å². The molecule has 2 nitrogen and oxygen atoms in total. The van der Waals surface area contributed by atoms with Gasteiger partial charge in [0.05, 0.1) is 11.2 Å². The molecule has 0 radical (unpaired) electrons. The van der Waals surface area contributed by atoms with Crippen LogP contribution in [0.5, 0.6) is 0 Å². The van der Waals surface area contributed by atoms with Crippen LogP contribution in [0, 0.1) is 0 Å². The Kier molecular flexibility index (Phi) is 2.46.